The molecule has 3 rings (SSSR count). The Labute approximate surface area is 127 Å². The van der Waals surface area contributed by atoms with E-state index in [0.717, 1.165) is 21.0 Å². The second-order valence-corrected chi connectivity index (χ2v) is 5.70. The van der Waals surface area contributed by atoms with Crippen LogP contribution in [-0.4, -0.2) is 14.5 Å². The number of aryl methyl sites for hydroxylation is 1. The van der Waals surface area contributed by atoms with E-state index in [2.05, 4.69) is 32.6 Å². The van der Waals surface area contributed by atoms with E-state index < -0.39 is 11.6 Å². The number of aromatic nitrogens is 3. The zero-order chi connectivity index (χ0) is 14.3. The van der Waals surface area contributed by atoms with Gasteiger partial charge in [-0.3, -0.25) is 0 Å². The van der Waals surface area contributed by atoms with Gasteiger partial charge in [0.2, 0.25) is 0 Å². The Morgan fingerprint density at radius 2 is 2.10 bits per heavy atom. The average molecular weight is 385 g/mol. The molecule has 0 aliphatic heterocycles. The summed E-state index contributed by atoms with van der Waals surface area (Å²) in [5.41, 5.74) is 1.73. The lowest BCUT2D eigenvalue weighted by Gasteiger charge is -2.08. The number of rotatable bonds is 2. The third-order valence-corrected chi connectivity index (χ3v) is 3.71. The van der Waals surface area contributed by atoms with Crippen LogP contribution in [0.1, 0.15) is 11.4 Å². The van der Waals surface area contributed by atoms with Crippen molar-refractivity contribution in [3.8, 4) is 0 Å². The molecule has 0 saturated carbocycles. The fourth-order valence-electron chi connectivity index (χ4n) is 2.13. The molecule has 0 spiro atoms. The Kier molecular flexibility index (Phi) is 3.41. The SMILES string of the molecule is Cc1nc2ncc(I)cc2n1Cc1cccc(F)c1F. The second kappa shape index (κ2) is 5.08. The summed E-state index contributed by atoms with van der Waals surface area (Å²) in [6.07, 6.45) is 1.72. The summed E-state index contributed by atoms with van der Waals surface area (Å²) >= 11 is 2.16. The molecular weight excluding hydrogens is 375 g/mol. The van der Waals surface area contributed by atoms with Crippen LogP contribution in [0.4, 0.5) is 8.78 Å². The van der Waals surface area contributed by atoms with E-state index in [9.17, 15) is 8.78 Å². The maximum absolute atomic E-state index is 13.8. The van der Waals surface area contributed by atoms with Crippen molar-refractivity contribution >= 4 is 33.8 Å². The van der Waals surface area contributed by atoms with Gasteiger partial charge in [0, 0.05) is 15.3 Å². The third-order valence-electron chi connectivity index (χ3n) is 3.12. The minimum Gasteiger partial charge on any atom is -0.322 e. The summed E-state index contributed by atoms with van der Waals surface area (Å²) < 4.78 is 29.9. The number of hydrogen-bond acceptors (Lipinski definition) is 2. The molecule has 0 bridgehead atoms. The van der Waals surface area contributed by atoms with Crippen molar-refractivity contribution in [2.45, 2.75) is 13.5 Å². The van der Waals surface area contributed by atoms with E-state index in [1.165, 1.54) is 6.07 Å². The molecule has 3 nitrogen and oxygen atoms in total. The molecule has 0 unspecified atom stereocenters. The first-order chi connectivity index (χ1) is 9.56. The van der Waals surface area contributed by atoms with Gasteiger partial charge in [-0.15, -0.1) is 0 Å². The van der Waals surface area contributed by atoms with Crippen molar-refractivity contribution < 1.29 is 8.78 Å². The molecule has 0 fully saturated rings. The first kappa shape index (κ1) is 13.4. The largest absolute Gasteiger partial charge is 0.322 e. The van der Waals surface area contributed by atoms with Crippen molar-refractivity contribution in [2.24, 2.45) is 0 Å². The van der Waals surface area contributed by atoms with Gasteiger partial charge in [0.1, 0.15) is 5.82 Å². The molecular formula is C14H10F2IN3. The van der Waals surface area contributed by atoms with Crippen LogP contribution in [0.2, 0.25) is 0 Å². The van der Waals surface area contributed by atoms with Crippen molar-refractivity contribution in [1.29, 1.82) is 0 Å². The quantitative estimate of drug-likeness (QED) is 0.631. The maximum Gasteiger partial charge on any atom is 0.177 e. The summed E-state index contributed by atoms with van der Waals surface area (Å²) in [6.45, 7) is 2.06. The molecule has 102 valence electrons. The first-order valence-electron chi connectivity index (χ1n) is 5.97. The first-order valence-corrected chi connectivity index (χ1v) is 7.05. The van der Waals surface area contributed by atoms with Crippen LogP contribution in [-0.2, 0) is 6.54 Å². The average Bonchev–Trinajstić information content (AvgIpc) is 2.71. The molecule has 6 heteroatoms. The zero-order valence-electron chi connectivity index (χ0n) is 10.6. The molecule has 0 saturated heterocycles. The molecule has 3 aromatic rings. The van der Waals surface area contributed by atoms with E-state index in [4.69, 9.17) is 0 Å². The summed E-state index contributed by atoms with van der Waals surface area (Å²) in [7, 11) is 0. The summed E-state index contributed by atoms with van der Waals surface area (Å²) in [5, 5.41) is 0. The topological polar surface area (TPSA) is 30.7 Å². The molecule has 2 heterocycles. The number of pyridine rings is 1. The highest BCUT2D eigenvalue weighted by Gasteiger charge is 2.13. The van der Waals surface area contributed by atoms with E-state index in [1.54, 1.807) is 12.3 Å². The van der Waals surface area contributed by atoms with E-state index >= 15 is 0 Å². The van der Waals surface area contributed by atoms with Gasteiger partial charge in [-0.1, -0.05) is 12.1 Å². The van der Waals surface area contributed by atoms with E-state index in [0.29, 0.717) is 11.2 Å². The summed E-state index contributed by atoms with van der Waals surface area (Å²) in [4.78, 5) is 8.57. The Morgan fingerprint density at radius 1 is 1.30 bits per heavy atom. The number of benzene rings is 1. The second-order valence-electron chi connectivity index (χ2n) is 4.45. The molecule has 2 aromatic heterocycles. The Morgan fingerprint density at radius 3 is 2.90 bits per heavy atom. The highest BCUT2D eigenvalue weighted by Crippen LogP contribution is 2.20. The van der Waals surface area contributed by atoms with Crippen molar-refractivity contribution in [1.82, 2.24) is 14.5 Å². The standard InChI is InChI=1S/C14H10F2IN3/c1-8-19-14-12(5-10(17)6-18-14)20(8)7-9-3-2-4-11(15)13(9)16/h2-6H,7H2,1H3. The molecule has 0 aliphatic carbocycles. The van der Waals surface area contributed by atoms with Crippen LogP contribution >= 0.6 is 22.6 Å². The van der Waals surface area contributed by atoms with Gasteiger partial charge in [0.05, 0.1) is 12.1 Å². The minimum absolute atomic E-state index is 0.230. The molecule has 1 aromatic carbocycles. The fourth-order valence-corrected chi connectivity index (χ4v) is 2.57. The van der Waals surface area contributed by atoms with E-state index in [1.807, 2.05) is 17.6 Å². The van der Waals surface area contributed by atoms with Gasteiger partial charge in [-0.25, -0.2) is 18.7 Å². The lowest BCUT2D eigenvalue weighted by atomic mass is 10.2. The van der Waals surface area contributed by atoms with Gasteiger partial charge in [-0.2, -0.15) is 0 Å². The predicted molar refractivity (Wildman–Crippen MR) is 80.4 cm³/mol. The van der Waals surface area contributed by atoms with E-state index in [-0.39, 0.29) is 6.54 Å². The van der Waals surface area contributed by atoms with Crippen molar-refractivity contribution in [3.63, 3.8) is 0 Å². The molecule has 0 radical (unpaired) electrons. The Balaban J connectivity index is 2.13. The normalized spacial score (nSPS) is 11.2. The number of imidazole rings is 1. The number of halogens is 3. The molecule has 0 N–H and O–H groups in total. The predicted octanol–water partition coefficient (Wildman–Crippen LogP) is 3.67. The Hall–Kier alpha value is -1.57. The van der Waals surface area contributed by atoms with Crippen molar-refractivity contribution in [3.05, 3.63) is 57.1 Å². The number of hydrogen-bond donors (Lipinski definition) is 0. The van der Waals surface area contributed by atoms with Crippen LogP contribution < -0.4 is 0 Å². The molecule has 0 aliphatic rings. The smallest absolute Gasteiger partial charge is 0.177 e. The summed E-state index contributed by atoms with van der Waals surface area (Å²) in [5.74, 6) is -0.928. The van der Waals surface area contributed by atoms with Gasteiger partial charge in [0.25, 0.3) is 0 Å². The fraction of sp³-hybridized carbons (Fsp3) is 0.143. The third kappa shape index (κ3) is 2.28. The van der Waals surface area contributed by atoms with Crippen LogP contribution in [0.5, 0.6) is 0 Å². The lowest BCUT2D eigenvalue weighted by Crippen LogP contribution is -2.05. The van der Waals surface area contributed by atoms with Crippen LogP contribution in [0.15, 0.2) is 30.5 Å². The van der Waals surface area contributed by atoms with Gasteiger partial charge < -0.3 is 4.57 Å². The Bertz CT molecular complexity index is 798. The highest BCUT2D eigenvalue weighted by atomic mass is 127. The number of fused-ring (bicyclic) bond motifs is 1. The van der Waals surface area contributed by atoms with Gasteiger partial charge >= 0.3 is 0 Å². The van der Waals surface area contributed by atoms with Crippen molar-refractivity contribution in [2.75, 3.05) is 0 Å². The number of nitrogens with zero attached hydrogens (tertiary/aromatic N) is 3. The maximum atomic E-state index is 13.8. The lowest BCUT2D eigenvalue weighted by molar-refractivity contribution is 0.495. The minimum atomic E-state index is -0.836. The molecule has 0 amide bonds. The summed E-state index contributed by atoms with van der Waals surface area (Å²) in [6, 6.07) is 6.12. The van der Waals surface area contributed by atoms with Gasteiger partial charge in [0.15, 0.2) is 17.3 Å². The highest BCUT2D eigenvalue weighted by molar-refractivity contribution is 14.1. The van der Waals surface area contributed by atoms with Gasteiger partial charge in [-0.05, 0) is 41.6 Å². The molecule has 20 heavy (non-hydrogen) atoms. The zero-order valence-corrected chi connectivity index (χ0v) is 12.7. The monoisotopic (exact) mass is 385 g/mol. The van der Waals surface area contributed by atoms with Crippen LogP contribution in [0.25, 0.3) is 11.2 Å². The molecule has 0 atom stereocenters. The van der Waals surface area contributed by atoms with Crippen LogP contribution in [0, 0.1) is 22.1 Å². The van der Waals surface area contributed by atoms with Crippen LogP contribution in [0.3, 0.4) is 0 Å².